The second kappa shape index (κ2) is 12.4. The zero-order valence-corrected chi connectivity index (χ0v) is 16.8. The van der Waals surface area contributed by atoms with E-state index in [1.807, 2.05) is 13.8 Å². The van der Waals surface area contributed by atoms with Gasteiger partial charge in [-0.2, -0.15) is 0 Å². The van der Waals surface area contributed by atoms with Crippen LogP contribution in [-0.2, 0) is 11.2 Å². The number of halogens is 4. The molecular weight excluding hydrogens is 387 g/mol. The van der Waals surface area contributed by atoms with Gasteiger partial charge in [0.1, 0.15) is 11.6 Å². The molecule has 0 fully saturated rings. The van der Waals surface area contributed by atoms with Gasteiger partial charge < -0.3 is 21.5 Å². The van der Waals surface area contributed by atoms with Crippen molar-refractivity contribution in [2.75, 3.05) is 13.1 Å². The largest absolute Gasteiger partial charge is 0.390 e. The number of carbonyl (C=O) groups excluding carboxylic acids is 1. The fourth-order valence-electron chi connectivity index (χ4n) is 2.48. The Morgan fingerprint density at radius 3 is 2.00 bits per heavy atom. The molecular formula is C17H29Cl2F2N3O2. The summed E-state index contributed by atoms with van der Waals surface area (Å²) >= 11 is 0. The highest BCUT2D eigenvalue weighted by atomic mass is 35.5. The Kier molecular flexibility index (Phi) is 13.0. The first kappa shape index (κ1) is 27.2. The van der Waals surface area contributed by atoms with Crippen LogP contribution in [0.25, 0.3) is 0 Å². The van der Waals surface area contributed by atoms with Crippen LogP contribution in [-0.4, -0.2) is 47.2 Å². The van der Waals surface area contributed by atoms with Crippen LogP contribution in [0.4, 0.5) is 8.78 Å². The van der Waals surface area contributed by atoms with Crippen LogP contribution in [0.2, 0.25) is 0 Å². The van der Waals surface area contributed by atoms with E-state index in [4.69, 9.17) is 11.5 Å². The summed E-state index contributed by atoms with van der Waals surface area (Å²) in [4.78, 5) is 13.6. The Morgan fingerprint density at radius 1 is 1.08 bits per heavy atom. The van der Waals surface area contributed by atoms with Gasteiger partial charge in [0.25, 0.3) is 0 Å². The molecule has 0 aliphatic heterocycles. The fourth-order valence-corrected chi connectivity index (χ4v) is 2.48. The normalized spacial score (nSPS) is 14.0. The number of amides is 1. The van der Waals surface area contributed by atoms with Crippen molar-refractivity contribution < 1.29 is 18.7 Å². The van der Waals surface area contributed by atoms with E-state index in [2.05, 4.69) is 0 Å². The minimum Gasteiger partial charge on any atom is -0.390 e. The van der Waals surface area contributed by atoms with Crippen LogP contribution in [0.15, 0.2) is 18.2 Å². The average Bonchev–Trinajstić information content (AvgIpc) is 2.43. The highest BCUT2D eigenvalue weighted by molar-refractivity contribution is 5.85. The van der Waals surface area contributed by atoms with Gasteiger partial charge in [0.15, 0.2) is 0 Å². The number of hydrogen-bond acceptors (Lipinski definition) is 4. The van der Waals surface area contributed by atoms with Crippen molar-refractivity contribution in [3.63, 3.8) is 0 Å². The Hall–Kier alpha value is -0.990. The molecule has 0 saturated carbocycles. The van der Waals surface area contributed by atoms with Gasteiger partial charge >= 0.3 is 0 Å². The third kappa shape index (κ3) is 9.09. The van der Waals surface area contributed by atoms with E-state index in [0.717, 1.165) is 6.07 Å². The van der Waals surface area contributed by atoms with E-state index in [9.17, 15) is 18.7 Å². The Morgan fingerprint density at radius 2 is 1.58 bits per heavy atom. The Bertz CT molecular complexity index is 543. The summed E-state index contributed by atoms with van der Waals surface area (Å²) in [7, 11) is 0. The van der Waals surface area contributed by atoms with E-state index in [-0.39, 0.29) is 49.6 Å². The molecule has 0 saturated heterocycles. The standard InChI is InChI=1S/C17H27F2N3O2.2ClH/c1-10(2)8-22(17(24)11(3)20)9-16(23)15(21)6-12-4-13(18)7-14(19)5-12;;/h4-5,7,10-11,15-16,23H,6,8-9,20-21H2,1-3H3;2*1H/t11-,15-,16+;;/m0../s1. The zero-order valence-electron chi connectivity index (χ0n) is 15.2. The third-order valence-corrected chi connectivity index (χ3v) is 3.58. The first-order chi connectivity index (χ1) is 11.1. The van der Waals surface area contributed by atoms with Crippen molar-refractivity contribution in [2.24, 2.45) is 17.4 Å². The summed E-state index contributed by atoms with van der Waals surface area (Å²) in [6, 6.07) is 1.69. The van der Waals surface area contributed by atoms with Gasteiger partial charge in [0, 0.05) is 25.2 Å². The molecule has 0 radical (unpaired) electrons. The topological polar surface area (TPSA) is 92.6 Å². The van der Waals surface area contributed by atoms with Crippen molar-refractivity contribution in [3.8, 4) is 0 Å². The lowest BCUT2D eigenvalue weighted by Crippen LogP contribution is -2.51. The Labute approximate surface area is 165 Å². The summed E-state index contributed by atoms with van der Waals surface area (Å²) < 4.78 is 26.4. The third-order valence-electron chi connectivity index (χ3n) is 3.58. The van der Waals surface area contributed by atoms with Gasteiger partial charge in [0.05, 0.1) is 12.1 Å². The quantitative estimate of drug-likeness (QED) is 0.603. The molecule has 1 aromatic carbocycles. The molecule has 1 rings (SSSR count). The minimum absolute atomic E-state index is 0. The number of nitrogens with two attached hydrogens (primary N) is 2. The summed E-state index contributed by atoms with van der Waals surface area (Å²) in [5.41, 5.74) is 11.9. The van der Waals surface area contributed by atoms with Crippen LogP contribution in [0.1, 0.15) is 26.3 Å². The maximum Gasteiger partial charge on any atom is 0.239 e. The predicted octanol–water partition coefficient (Wildman–Crippen LogP) is 1.87. The lowest BCUT2D eigenvalue weighted by Gasteiger charge is -2.30. The lowest BCUT2D eigenvalue weighted by atomic mass is 10.0. The number of benzene rings is 1. The molecule has 9 heteroatoms. The molecule has 1 amide bonds. The molecule has 0 bridgehead atoms. The molecule has 0 unspecified atom stereocenters. The SMILES string of the molecule is CC(C)CN(C[C@@H](O)[C@@H](N)Cc1cc(F)cc(F)c1)C(=O)[C@H](C)N.Cl.Cl. The molecule has 5 N–H and O–H groups in total. The molecule has 1 aromatic rings. The number of hydrogen-bond donors (Lipinski definition) is 3. The van der Waals surface area contributed by atoms with Gasteiger partial charge in [0.2, 0.25) is 5.91 Å². The van der Waals surface area contributed by atoms with E-state index >= 15 is 0 Å². The number of aliphatic hydroxyl groups is 1. The molecule has 5 nitrogen and oxygen atoms in total. The van der Waals surface area contributed by atoms with E-state index in [0.29, 0.717) is 12.1 Å². The highest BCUT2D eigenvalue weighted by Gasteiger charge is 2.24. The summed E-state index contributed by atoms with van der Waals surface area (Å²) in [6.45, 7) is 5.94. The van der Waals surface area contributed by atoms with Crippen LogP contribution in [0, 0.1) is 17.6 Å². The van der Waals surface area contributed by atoms with Crippen molar-refractivity contribution in [3.05, 3.63) is 35.4 Å². The zero-order chi connectivity index (χ0) is 18.4. The number of carbonyl (C=O) groups is 1. The fraction of sp³-hybridized carbons (Fsp3) is 0.588. The molecule has 3 atom stereocenters. The van der Waals surface area contributed by atoms with Crippen LogP contribution in [0.3, 0.4) is 0 Å². The molecule has 0 spiro atoms. The van der Waals surface area contributed by atoms with Crippen LogP contribution in [0.5, 0.6) is 0 Å². The van der Waals surface area contributed by atoms with Gasteiger partial charge in [-0.1, -0.05) is 13.8 Å². The summed E-state index contributed by atoms with van der Waals surface area (Å²) in [5.74, 6) is -1.46. The van der Waals surface area contributed by atoms with E-state index < -0.39 is 29.8 Å². The maximum absolute atomic E-state index is 13.2. The monoisotopic (exact) mass is 415 g/mol. The first-order valence-electron chi connectivity index (χ1n) is 8.03. The van der Waals surface area contributed by atoms with Crippen molar-refractivity contribution in [1.82, 2.24) is 4.90 Å². The minimum atomic E-state index is -1.03. The lowest BCUT2D eigenvalue weighted by molar-refractivity contribution is -0.134. The summed E-state index contributed by atoms with van der Waals surface area (Å²) in [6.07, 6.45) is -0.935. The predicted molar refractivity (Wildman–Crippen MR) is 104 cm³/mol. The molecule has 0 heterocycles. The summed E-state index contributed by atoms with van der Waals surface area (Å²) in [5, 5.41) is 10.3. The second-order valence-corrected chi connectivity index (χ2v) is 6.64. The molecule has 0 aliphatic rings. The van der Waals surface area contributed by atoms with Crippen LogP contribution >= 0.6 is 24.8 Å². The molecule has 26 heavy (non-hydrogen) atoms. The molecule has 0 aliphatic carbocycles. The van der Waals surface area contributed by atoms with E-state index in [1.165, 1.54) is 17.0 Å². The first-order valence-corrected chi connectivity index (χ1v) is 8.03. The van der Waals surface area contributed by atoms with Crippen LogP contribution < -0.4 is 11.5 Å². The highest BCUT2D eigenvalue weighted by Crippen LogP contribution is 2.12. The van der Waals surface area contributed by atoms with Crippen molar-refractivity contribution >= 4 is 30.7 Å². The van der Waals surface area contributed by atoms with Gasteiger partial charge in [-0.3, -0.25) is 4.79 Å². The number of nitrogens with zero attached hydrogens (tertiary/aromatic N) is 1. The number of rotatable bonds is 8. The van der Waals surface area contributed by atoms with Crippen molar-refractivity contribution in [2.45, 2.75) is 45.4 Å². The average molecular weight is 416 g/mol. The second-order valence-electron chi connectivity index (χ2n) is 6.64. The van der Waals surface area contributed by atoms with E-state index in [1.54, 1.807) is 6.92 Å². The molecule has 152 valence electrons. The Balaban J connectivity index is 0. The van der Waals surface area contributed by atoms with Gasteiger partial charge in [-0.15, -0.1) is 24.8 Å². The molecule has 0 aromatic heterocycles. The number of aliphatic hydroxyl groups excluding tert-OH is 1. The maximum atomic E-state index is 13.2. The van der Waals surface area contributed by atoms with Gasteiger partial charge in [-0.05, 0) is 37.0 Å². The van der Waals surface area contributed by atoms with Gasteiger partial charge in [-0.25, -0.2) is 8.78 Å². The van der Waals surface area contributed by atoms with Crippen molar-refractivity contribution in [1.29, 1.82) is 0 Å². The smallest absolute Gasteiger partial charge is 0.239 e.